The highest BCUT2D eigenvalue weighted by Gasteiger charge is 2.09. The standard InChI is InChI=1S/C16H18Cl2N2O/c1-3-19-9-14-15(8-7-11(2)20-14)21-10-12-5-4-6-13(17)16(12)18/h4-8,19H,3,9-10H2,1-2H3. The van der Waals surface area contributed by atoms with E-state index in [1.54, 1.807) is 6.07 Å². The fourth-order valence-corrected chi connectivity index (χ4v) is 2.29. The maximum atomic E-state index is 6.17. The summed E-state index contributed by atoms with van der Waals surface area (Å²) in [5, 5.41) is 4.33. The average Bonchev–Trinajstić information content (AvgIpc) is 2.48. The number of hydrogen-bond donors (Lipinski definition) is 1. The van der Waals surface area contributed by atoms with Crippen LogP contribution in [0.4, 0.5) is 0 Å². The van der Waals surface area contributed by atoms with Gasteiger partial charge in [0.15, 0.2) is 0 Å². The summed E-state index contributed by atoms with van der Waals surface area (Å²) in [4.78, 5) is 4.52. The summed E-state index contributed by atoms with van der Waals surface area (Å²) in [6.45, 7) is 5.95. The number of ether oxygens (including phenoxy) is 1. The molecule has 0 fully saturated rings. The van der Waals surface area contributed by atoms with Crippen LogP contribution in [0.2, 0.25) is 10.0 Å². The molecule has 0 saturated carbocycles. The Morgan fingerprint density at radius 3 is 2.76 bits per heavy atom. The molecule has 2 aromatic rings. The van der Waals surface area contributed by atoms with Gasteiger partial charge in [0.25, 0.3) is 0 Å². The number of rotatable bonds is 6. The van der Waals surface area contributed by atoms with E-state index in [1.807, 2.05) is 31.2 Å². The highest BCUT2D eigenvalue weighted by molar-refractivity contribution is 6.42. The lowest BCUT2D eigenvalue weighted by Gasteiger charge is -2.13. The Bertz CT molecular complexity index is 617. The lowest BCUT2D eigenvalue weighted by atomic mass is 10.2. The van der Waals surface area contributed by atoms with Gasteiger partial charge in [-0.1, -0.05) is 42.3 Å². The molecule has 0 aliphatic carbocycles. The van der Waals surface area contributed by atoms with Crippen LogP contribution in [-0.2, 0) is 13.2 Å². The van der Waals surface area contributed by atoms with E-state index in [9.17, 15) is 0 Å². The SMILES string of the molecule is CCNCc1nc(C)ccc1OCc1cccc(Cl)c1Cl. The normalized spacial score (nSPS) is 10.7. The molecule has 0 spiro atoms. The lowest BCUT2D eigenvalue weighted by molar-refractivity contribution is 0.300. The summed E-state index contributed by atoms with van der Waals surface area (Å²) in [6, 6.07) is 9.40. The van der Waals surface area contributed by atoms with E-state index in [2.05, 4.69) is 17.2 Å². The molecular formula is C16H18Cl2N2O. The van der Waals surface area contributed by atoms with Gasteiger partial charge in [0, 0.05) is 17.8 Å². The first-order valence-corrected chi connectivity index (χ1v) is 7.60. The third-order valence-corrected chi connectivity index (χ3v) is 3.89. The van der Waals surface area contributed by atoms with Crippen LogP contribution >= 0.6 is 23.2 Å². The molecule has 0 bridgehead atoms. The highest BCUT2D eigenvalue weighted by Crippen LogP contribution is 2.27. The number of aromatic nitrogens is 1. The van der Waals surface area contributed by atoms with Crippen LogP contribution < -0.4 is 10.1 Å². The lowest BCUT2D eigenvalue weighted by Crippen LogP contribution is -2.14. The molecule has 5 heteroatoms. The summed E-state index contributed by atoms with van der Waals surface area (Å²) in [7, 11) is 0. The number of halogens is 2. The largest absolute Gasteiger partial charge is 0.487 e. The monoisotopic (exact) mass is 324 g/mol. The summed E-state index contributed by atoms with van der Waals surface area (Å²) < 4.78 is 5.87. The van der Waals surface area contributed by atoms with Crippen LogP contribution in [0.1, 0.15) is 23.9 Å². The average molecular weight is 325 g/mol. The fraction of sp³-hybridized carbons (Fsp3) is 0.312. The van der Waals surface area contributed by atoms with Gasteiger partial charge in [0.05, 0.1) is 15.7 Å². The summed E-state index contributed by atoms with van der Waals surface area (Å²) in [5.74, 6) is 0.762. The van der Waals surface area contributed by atoms with E-state index in [0.29, 0.717) is 23.2 Å². The van der Waals surface area contributed by atoms with Crippen molar-refractivity contribution in [3.8, 4) is 5.75 Å². The van der Waals surface area contributed by atoms with Gasteiger partial charge >= 0.3 is 0 Å². The Labute approximate surface area is 135 Å². The number of pyridine rings is 1. The molecule has 1 N–H and O–H groups in total. The number of aryl methyl sites for hydroxylation is 1. The molecule has 112 valence electrons. The molecule has 0 amide bonds. The number of benzene rings is 1. The van der Waals surface area contributed by atoms with Crippen molar-refractivity contribution in [1.82, 2.24) is 10.3 Å². The number of nitrogens with zero attached hydrogens (tertiary/aromatic N) is 1. The third kappa shape index (κ3) is 4.34. The van der Waals surface area contributed by atoms with Gasteiger partial charge in [-0.15, -0.1) is 0 Å². The Morgan fingerprint density at radius 1 is 1.19 bits per heavy atom. The zero-order valence-electron chi connectivity index (χ0n) is 12.1. The van der Waals surface area contributed by atoms with Crippen LogP contribution in [0.3, 0.4) is 0 Å². The number of nitrogens with one attached hydrogen (secondary N) is 1. The van der Waals surface area contributed by atoms with E-state index in [0.717, 1.165) is 29.2 Å². The molecule has 0 aliphatic heterocycles. The van der Waals surface area contributed by atoms with Crippen molar-refractivity contribution in [2.24, 2.45) is 0 Å². The van der Waals surface area contributed by atoms with Gasteiger partial charge in [-0.3, -0.25) is 4.98 Å². The maximum absolute atomic E-state index is 6.17. The first-order valence-electron chi connectivity index (χ1n) is 6.84. The van der Waals surface area contributed by atoms with Crippen molar-refractivity contribution in [3.05, 3.63) is 57.3 Å². The minimum absolute atomic E-state index is 0.364. The Hall–Kier alpha value is -1.29. The number of hydrogen-bond acceptors (Lipinski definition) is 3. The molecule has 0 atom stereocenters. The van der Waals surface area contributed by atoms with Crippen molar-refractivity contribution in [3.63, 3.8) is 0 Å². The molecule has 21 heavy (non-hydrogen) atoms. The highest BCUT2D eigenvalue weighted by atomic mass is 35.5. The Balaban J connectivity index is 2.14. The summed E-state index contributed by atoms with van der Waals surface area (Å²) in [6.07, 6.45) is 0. The van der Waals surface area contributed by atoms with Crippen LogP contribution in [-0.4, -0.2) is 11.5 Å². The van der Waals surface area contributed by atoms with Gasteiger partial charge in [-0.25, -0.2) is 0 Å². The first-order chi connectivity index (χ1) is 10.1. The van der Waals surface area contributed by atoms with Gasteiger partial charge in [0.2, 0.25) is 0 Å². The van der Waals surface area contributed by atoms with Gasteiger partial charge in [-0.05, 0) is 31.7 Å². The van der Waals surface area contributed by atoms with E-state index in [-0.39, 0.29) is 0 Å². The van der Waals surface area contributed by atoms with E-state index >= 15 is 0 Å². The van der Waals surface area contributed by atoms with E-state index in [4.69, 9.17) is 27.9 Å². The van der Waals surface area contributed by atoms with Crippen molar-refractivity contribution in [1.29, 1.82) is 0 Å². The van der Waals surface area contributed by atoms with Crippen molar-refractivity contribution >= 4 is 23.2 Å². The first kappa shape index (κ1) is 16.1. The predicted molar refractivity (Wildman–Crippen MR) is 87.1 cm³/mol. The molecule has 0 unspecified atom stereocenters. The van der Waals surface area contributed by atoms with E-state index in [1.165, 1.54) is 0 Å². The van der Waals surface area contributed by atoms with Crippen molar-refractivity contribution in [2.75, 3.05) is 6.54 Å². The van der Waals surface area contributed by atoms with Gasteiger partial charge in [0.1, 0.15) is 12.4 Å². The van der Waals surface area contributed by atoms with Crippen LogP contribution in [0.15, 0.2) is 30.3 Å². The smallest absolute Gasteiger partial charge is 0.142 e. The second-order valence-electron chi connectivity index (χ2n) is 4.68. The van der Waals surface area contributed by atoms with E-state index < -0.39 is 0 Å². The molecular weight excluding hydrogens is 307 g/mol. The molecule has 1 aromatic carbocycles. The Morgan fingerprint density at radius 2 is 2.00 bits per heavy atom. The summed E-state index contributed by atoms with van der Waals surface area (Å²) in [5.41, 5.74) is 2.73. The van der Waals surface area contributed by atoms with Crippen LogP contribution in [0.25, 0.3) is 0 Å². The summed E-state index contributed by atoms with van der Waals surface area (Å²) >= 11 is 12.2. The van der Waals surface area contributed by atoms with Crippen LogP contribution in [0, 0.1) is 6.92 Å². The molecule has 0 radical (unpaired) electrons. The minimum atomic E-state index is 0.364. The minimum Gasteiger partial charge on any atom is -0.487 e. The van der Waals surface area contributed by atoms with Gasteiger partial charge < -0.3 is 10.1 Å². The zero-order chi connectivity index (χ0) is 15.2. The molecule has 0 aliphatic rings. The third-order valence-electron chi connectivity index (χ3n) is 3.03. The second kappa shape index (κ2) is 7.64. The second-order valence-corrected chi connectivity index (χ2v) is 5.46. The molecule has 2 rings (SSSR count). The molecule has 0 saturated heterocycles. The molecule has 3 nitrogen and oxygen atoms in total. The topological polar surface area (TPSA) is 34.2 Å². The maximum Gasteiger partial charge on any atom is 0.142 e. The molecule has 1 heterocycles. The van der Waals surface area contributed by atoms with Crippen molar-refractivity contribution < 1.29 is 4.74 Å². The predicted octanol–water partition coefficient (Wildman–Crippen LogP) is 4.39. The quantitative estimate of drug-likeness (QED) is 0.855. The van der Waals surface area contributed by atoms with Crippen molar-refractivity contribution in [2.45, 2.75) is 27.0 Å². The fourth-order valence-electron chi connectivity index (χ4n) is 1.91. The zero-order valence-corrected chi connectivity index (χ0v) is 13.6. The Kier molecular flexibility index (Phi) is 5.85. The van der Waals surface area contributed by atoms with Gasteiger partial charge in [-0.2, -0.15) is 0 Å². The van der Waals surface area contributed by atoms with Crippen LogP contribution in [0.5, 0.6) is 5.75 Å². The molecule has 1 aromatic heterocycles.